The van der Waals surface area contributed by atoms with Crippen LogP contribution in [0.2, 0.25) is 0 Å². The molecular formula is C4H8LiO3. The molecule has 0 heterocycles. The molecule has 0 unspecified atom stereocenters. The quantitative estimate of drug-likeness (QED) is 0.319. The van der Waals surface area contributed by atoms with Crippen molar-refractivity contribution in [3.05, 3.63) is 0 Å². The van der Waals surface area contributed by atoms with Crippen LogP contribution < -0.4 is 0 Å². The molecule has 0 bridgehead atoms. The molecule has 1 radical (unpaired) electrons. The molecule has 43 valence electrons. The molecular weight excluding hydrogens is 103 g/mol. The largest absolute Gasteiger partial charge is 0.342 e. The Morgan fingerprint density at radius 1 is 1.75 bits per heavy atom. The SMILES string of the molecule is CCCC(=O)OO.[Li]. The summed E-state index contributed by atoms with van der Waals surface area (Å²) in [7, 11) is 0. The molecule has 3 nitrogen and oxygen atoms in total. The van der Waals surface area contributed by atoms with Gasteiger partial charge in [-0.25, -0.2) is 4.79 Å². The molecule has 0 saturated carbocycles. The normalized spacial score (nSPS) is 7.25. The third-order valence-corrected chi connectivity index (χ3v) is 0.556. The molecule has 0 rings (SSSR count). The molecule has 0 atom stereocenters. The zero-order valence-corrected chi connectivity index (χ0v) is 5.18. The second-order valence-corrected chi connectivity index (χ2v) is 1.21. The fraction of sp³-hybridized carbons (Fsp3) is 0.750. The van der Waals surface area contributed by atoms with Crippen LogP contribution in [0.15, 0.2) is 0 Å². The van der Waals surface area contributed by atoms with Gasteiger partial charge < -0.3 is 4.89 Å². The van der Waals surface area contributed by atoms with Crippen molar-refractivity contribution < 1.29 is 14.9 Å². The maximum Gasteiger partial charge on any atom is 0.342 e. The Kier molecular flexibility index (Phi) is 9.59. The van der Waals surface area contributed by atoms with Crippen LogP contribution in [0.4, 0.5) is 0 Å². The van der Waals surface area contributed by atoms with E-state index in [0.29, 0.717) is 6.42 Å². The molecule has 4 heteroatoms. The summed E-state index contributed by atoms with van der Waals surface area (Å²) in [4.78, 5) is 13.3. The van der Waals surface area contributed by atoms with Crippen LogP contribution in [0.5, 0.6) is 0 Å². The van der Waals surface area contributed by atoms with E-state index in [-0.39, 0.29) is 25.3 Å². The molecule has 0 aliphatic heterocycles. The Bertz CT molecular complexity index is 64.3. The molecule has 0 aliphatic rings. The number of hydrogen-bond donors (Lipinski definition) is 1. The van der Waals surface area contributed by atoms with Gasteiger partial charge in [0.25, 0.3) is 0 Å². The first-order valence-corrected chi connectivity index (χ1v) is 2.15. The zero-order chi connectivity index (χ0) is 5.70. The molecule has 1 N–H and O–H groups in total. The minimum absolute atomic E-state index is 0. The van der Waals surface area contributed by atoms with Gasteiger partial charge in [0.15, 0.2) is 0 Å². The Hall–Kier alpha value is 0.0274. The van der Waals surface area contributed by atoms with E-state index >= 15 is 0 Å². The molecule has 0 amide bonds. The fourth-order valence-electron chi connectivity index (χ4n) is 0.250. The van der Waals surface area contributed by atoms with Gasteiger partial charge in [0.1, 0.15) is 0 Å². The summed E-state index contributed by atoms with van der Waals surface area (Å²) in [5, 5.41) is 7.62. The predicted molar refractivity (Wildman–Crippen MR) is 29.4 cm³/mol. The van der Waals surface area contributed by atoms with E-state index in [1.807, 2.05) is 6.92 Å². The summed E-state index contributed by atoms with van der Waals surface area (Å²) in [6, 6.07) is 0. The van der Waals surface area contributed by atoms with Crippen molar-refractivity contribution in [1.82, 2.24) is 0 Å². The van der Waals surface area contributed by atoms with E-state index in [2.05, 4.69) is 4.89 Å². The summed E-state index contributed by atoms with van der Waals surface area (Å²) in [6.45, 7) is 1.83. The van der Waals surface area contributed by atoms with E-state index in [4.69, 9.17) is 5.26 Å². The summed E-state index contributed by atoms with van der Waals surface area (Å²) in [6.07, 6.45) is 0.996. The zero-order valence-electron chi connectivity index (χ0n) is 5.18. The van der Waals surface area contributed by atoms with Crippen molar-refractivity contribution in [3.8, 4) is 0 Å². The Labute approximate surface area is 60.1 Å². The summed E-state index contributed by atoms with van der Waals surface area (Å²) in [5.41, 5.74) is 0. The monoisotopic (exact) mass is 111 g/mol. The van der Waals surface area contributed by atoms with E-state index in [0.717, 1.165) is 0 Å². The molecule has 0 saturated heterocycles. The van der Waals surface area contributed by atoms with Crippen molar-refractivity contribution >= 4 is 24.8 Å². The Morgan fingerprint density at radius 2 is 2.25 bits per heavy atom. The second-order valence-electron chi connectivity index (χ2n) is 1.21. The first kappa shape index (κ1) is 10.9. The predicted octanol–water partition coefficient (Wildman–Crippen LogP) is 0.422. The standard InChI is InChI=1S/C4H8O3.Li/c1-2-3-4(5)7-6;/h6H,2-3H2,1H3;. The molecule has 0 aromatic rings. The van der Waals surface area contributed by atoms with Crippen LogP contribution in [-0.2, 0) is 9.68 Å². The van der Waals surface area contributed by atoms with Gasteiger partial charge in [-0.05, 0) is 6.42 Å². The van der Waals surface area contributed by atoms with Crippen molar-refractivity contribution in [2.45, 2.75) is 19.8 Å². The van der Waals surface area contributed by atoms with Crippen LogP contribution in [-0.4, -0.2) is 30.1 Å². The second kappa shape index (κ2) is 7.03. The first-order chi connectivity index (χ1) is 3.31. The maximum absolute atomic E-state index is 9.94. The van der Waals surface area contributed by atoms with Gasteiger partial charge in [0.05, 0.1) is 0 Å². The minimum Gasteiger partial charge on any atom is -0.301 e. The van der Waals surface area contributed by atoms with E-state index in [9.17, 15) is 4.79 Å². The third-order valence-electron chi connectivity index (χ3n) is 0.556. The van der Waals surface area contributed by atoms with E-state index < -0.39 is 5.97 Å². The minimum atomic E-state index is -0.567. The third kappa shape index (κ3) is 6.03. The Balaban J connectivity index is 0. The van der Waals surface area contributed by atoms with Crippen molar-refractivity contribution in [1.29, 1.82) is 0 Å². The van der Waals surface area contributed by atoms with Crippen molar-refractivity contribution in [3.63, 3.8) is 0 Å². The molecule has 0 aliphatic carbocycles. The van der Waals surface area contributed by atoms with Crippen molar-refractivity contribution in [2.24, 2.45) is 0 Å². The van der Waals surface area contributed by atoms with E-state index in [1.54, 1.807) is 0 Å². The molecule has 0 spiro atoms. The van der Waals surface area contributed by atoms with Gasteiger partial charge in [0.2, 0.25) is 0 Å². The topological polar surface area (TPSA) is 46.5 Å². The van der Waals surface area contributed by atoms with Gasteiger partial charge >= 0.3 is 5.97 Å². The van der Waals surface area contributed by atoms with Gasteiger partial charge in [-0.3, -0.25) is 0 Å². The average Bonchev–Trinajstić information content (AvgIpc) is 1.68. The van der Waals surface area contributed by atoms with Crippen molar-refractivity contribution in [2.75, 3.05) is 0 Å². The number of rotatable bonds is 2. The molecule has 8 heavy (non-hydrogen) atoms. The fourth-order valence-corrected chi connectivity index (χ4v) is 0.250. The van der Waals surface area contributed by atoms with Crippen LogP contribution in [0.1, 0.15) is 19.8 Å². The van der Waals surface area contributed by atoms with Crippen LogP contribution in [0, 0.1) is 0 Å². The van der Waals surface area contributed by atoms with E-state index in [1.165, 1.54) is 0 Å². The first-order valence-electron chi connectivity index (χ1n) is 2.15. The summed E-state index contributed by atoms with van der Waals surface area (Å²) in [5.74, 6) is -0.567. The van der Waals surface area contributed by atoms with Crippen LogP contribution in [0.3, 0.4) is 0 Å². The van der Waals surface area contributed by atoms with Gasteiger partial charge in [-0.1, -0.05) is 6.92 Å². The average molecular weight is 111 g/mol. The molecule has 0 aromatic carbocycles. The molecule has 0 fully saturated rings. The molecule has 0 aromatic heterocycles. The van der Waals surface area contributed by atoms with Crippen LogP contribution >= 0.6 is 0 Å². The van der Waals surface area contributed by atoms with Gasteiger partial charge in [-0.2, -0.15) is 5.26 Å². The van der Waals surface area contributed by atoms with Gasteiger partial charge in [-0.15, -0.1) is 0 Å². The summed E-state index contributed by atoms with van der Waals surface area (Å²) >= 11 is 0. The van der Waals surface area contributed by atoms with Gasteiger partial charge in [0, 0.05) is 25.3 Å². The number of carbonyl (C=O) groups excluding carboxylic acids is 1. The van der Waals surface area contributed by atoms with Crippen LogP contribution in [0.25, 0.3) is 0 Å². The Morgan fingerprint density at radius 3 is 2.38 bits per heavy atom. The smallest absolute Gasteiger partial charge is 0.301 e. The number of carbonyl (C=O) groups is 1. The number of hydrogen-bond acceptors (Lipinski definition) is 3. The summed E-state index contributed by atoms with van der Waals surface area (Å²) < 4.78 is 0. The maximum atomic E-state index is 9.94.